The predicted octanol–water partition coefficient (Wildman–Crippen LogP) is 2.90. The summed E-state index contributed by atoms with van der Waals surface area (Å²) in [7, 11) is 0. The molecule has 2 aromatic rings. The second-order valence-electron chi connectivity index (χ2n) is 7.83. The lowest BCUT2D eigenvalue weighted by Crippen LogP contribution is -2.49. The van der Waals surface area contributed by atoms with E-state index in [1.54, 1.807) is 25.1 Å². The van der Waals surface area contributed by atoms with Crippen LogP contribution in [0, 0.1) is 11.7 Å². The zero-order chi connectivity index (χ0) is 20.6. The molecule has 29 heavy (non-hydrogen) atoms. The molecule has 150 valence electrons. The third kappa shape index (κ3) is 3.72. The van der Waals surface area contributed by atoms with E-state index in [2.05, 4.69) is 10.7 Å². The van der Waals surface area contributed by atoms with Crippen molar-refractivity contribution in [3.05, 3.63) is 71.5 Å². The first-order chi connectivity index (χ1) is 13.9. The van der Waals surface area contributed by atoms with Gasteiger partial charge in [-0.1, -0.05) is 48.5 Å². The maximum atomic E-state index is 13.9. The third-order valence-electron chi connectivity index (χ3n) is 5.67. The highest BCUT2D eigenvalue weighted by Gasteiger charge is 2.51. The molecule has 1 heterocycles. The molecule has 2 aromatic carbocycles. The van der Waals surface area contributed by atoms with Gasteiger partial charge in [-0.25, -0.2) is 9.18 Å². The molecule has 2 aliphatic rings. The van der Waals surface area contributed by atoms with Crippen molar-refractivity contribution >= 4 is 17.8 Å². The minimum Gasteiger partial charge on any atom is -0.322 e. The molecule has 0 spiro atoms. The van der Waals surface area contributed by atoms with Crippen molar-refractivity contribution in [3.63, 3.8) is 0 Å². The SMILES string of the molecule is CC1(CCc2ccccc2)NC(=O)N(NC(=O)C2CC2c2ccccc2F)C1=O. The summed E-state index contributed by atoms with van der Waals surface area (Å²) < 4.78 is 13.9. The van der Waals surface area contributed by atoms with Gasteiger partial charge in [0.25, 0.3) is 5.91 Å². The van der Waals surface area contributed by atoms with E-state index in [9.17, 15) is 18.8 Å². The van der Waals surface area contributed by atoms with Crippen LogP contribution in [0.2, 0.25) is 0 Å². The van der Waals surface area contributed by atoms with Gasteiger partial charge in [0.05, 0.1) is 0 Å². The van der Waals surface area contributed by atoms with E-state index in [4.69, 9.17) is 0 Å². The maximum Gasteiger partial charge on any atom is 0.344 e. The zero-order valence-corrected chi connectivity index (χ0v) is 16.0. The number of hydrogen-bond donors (Lipinski definition) is 2. The van der Waals surface area contributed by atoms with E-state index < -0.39 is 29.3 Å². The zero-order valence-electron chi connectivity index (χ0n) is 16.0. The third-order valence-corrected chi connectivity index (χ3v) is 5.67. The Morgan fingerprint density at radius 1 is 1.17 bits per heavy atom. The standard InChI is InChI=1S/C22H22FN3O3/c1-22(12-11-14-7-3-2-4-8-14)20(28)26(21(29)24-22)25-19(27)17-13-16(17)15-9-5-6-10-18(15)23/h2-10,16-17H,11-13H2,1H3,(H,24,29)(H,25,27). The summed E-state index contributed by atoms with van der Waals surface area (Å²) in [5, 5.41) is 3.43. The first kappa shape index (κ1) is 19.1. The highest BCUT2D eigenvalue weighted by molar-refractivity contribution is 6.08. The van der Waals surface area contributed by atoms with Gasteiger partial charge in [-0.2, -0.15) is 5.01 Å². The monoisotopic (exact) mass is 395 g/mol. The van der Waals surface area contributed by atoms with E-state index in [-0.39, 0.29) is 11.7 Å². The molecule has 1 saturated carbocycles. The largest absolute Gasteiger partial charge is 0.344 e. The molecule has 1 saturated heterocycles. The number of imide groups is 1. The maximum absolute atomic E-state index is 13.9. The van der Waals surface area contributed by atoms with E-state index in [0.29, 0.717) is 24.8 Å². The van der Waals surface area contributed by atoms with Gasteiger partial charge < -0.3 is 5.32 Å². The summed E-state index contributed by atoms with van der Waals surface area (Å²) in [6, 6.07) is 15.3. The van der Waals surface area contributed by atoms with Gasteiger partial charge in [0, 0.05) is 5.92 Å². The number of urea groups is 1. The average molecular weight is 395 g/mol. The molecule has 0 aromatic heterocycles. The molecule has 1 aliphatic carbocycles. The Balaban J connectivity index is 1.38. The fourth-order valence-electron chi connectivity index (χ4n) is 3.79. The van der Waals surface area contributed by atoms with Crippen molar-refractivity contribution in [3.8, 4) is 0 Å². The van der Waals surface area contributed by atoms with Gasteiger partial charge in [0.1, 0.15) is 11.4 Å². The van der Waals surface area contributed by atoms with Gasteiger partial charge in [-0.3, -0.25) is 15.0 Å². The fraction of sp³-hybridized carbons (Fsp3) is 0.318. The van der Waals surface area contributed by atoms with E-state index in [1.807, 2.05) is 30.3 Å². The number of hydrogen-bond acceptors (Lipinski definition) is 3. The first-order valence-electron chi connectivity index (χ1n) is 9.64. The number of hydrazine groups is 1. The summed E-state index contributed by atoms with van der Waals surface area (Å²) in [5.74, 6) is -1.98. The van der Waals surface area contributed by atoms with Crippen LogP contribution in [0.25, 0.3) is 0 Å². The van der Waals surface area contributed by atoms with Crippen molar-refractivity contribution < 1.29 is 18.8 Å². The van der Waals surface area contributed by atoms with E-state index in [1.165, 1.54) is 6.07 Å². The Labute approximate surface area is 168 Å². The van der Waals surface area contributed by atoms with Crippen molar-refractivity contribution in [2.24, 2.45) is 5.92 Å². The fourth-order valence-corrected chi connectivity index (χ4v) is 3.79. The van der Waals surface area contributed by atoms with Gasteiger partial charge in [-0.05, 0) is 49.3 Å². The predicted molar refractivity (Wildman–Crippen MR) is 104 cm³/mol. The molecular weight excluding hydrogens is 373 g/mol. The molecule has 2 N–H and O–H groups in total. The normalized spacial score (nSPS) is 25.7. The number of nitrogens with zero attached hydrogens (tertiary/aromatic N) is 1. The Morgan fingerprint density at radius 2 is 1.86 bits per heavy atom. The number of nitrogens with one attached hydrogen (secondary N) is 2. The van der Waals surface area contributed by atoms with Crippen LogP contribution in [0.4, 0.5) is 9.18 Å². The quantitative estimate of drug-likeness (QED) is 0.739. The Morgan fingerprint density at radius 3 is 2.59 bits per heavy atom. The minimum absolute atomic E-state index is 0.235. The summed E-state index contributed by atoms with van der Waals surface area (Å²) in [4.78, 5) is 37.7. The molecule has 7 heteroatoms. The molecule has 3 atom stereocenters. The second-order valence-corrected chi connectivity index (χ2v) is 7.83. The van der Waals surface area contributed by atoms with Crippen LogP contribution >= 0.6 is 0 Å². The first-order valence-corrected chi connectivity index (χ1v) is 9.64. The average Bonchev–Trinajstić information content (AvgIpc) is 3.48. The van der Waals surface area contributed by atoms with Crippen LogP contribution in [-0.2, 0) is 16.0 Å². The van der Waals surface area contributed by atoms with Gasteiger partial charge in [0.15, 0.2) is 0 Å². The topological polar surface area (TPSA) is 78.5 Å². The highest BCUT2D eigenvalue weighted by Crippen LogP contribution is 2.48. The van der Waals surface area contributed by atoms with Gasteiger partial charge in [-0.15, -0.1) is 0 Å². The van der Waals surface area contributed by atoms with Crippen molar-refractivity contribution in [1.82, 2.24) is 15.8 Å². The summed E-state index contributed by atoms with van der Waals surface area (Å²) in [6.07, 6.45) is 1.51. The van der Waals surface area contributed by atoms with Crippen molar-refractivity contribution in [1.29, 1.82) is 0 Å². The molecule has 6 nitrogen and oxygen atoms in total. The van der Waals surface area contributed by atoms with Crippen LogP contribution in [0.5, 0.6) is 0 Å². The lowest BCUT2D eigenvalue weighted by atomic mass is 9.93. The van der Waals surface area contributed by atoms with E-state index >= 15 is 0 Å². The summed E-state index contributed by atoms with van der Waals surface area (Å²) in [5.41, 5.74) is 2.88. The molecule has 1 aliphatic heterocycles. The smallest absolute Gasteiger partial charge is 0.322 e. The lowest BCUT2D eigenvalue weighted by molar-refractivity contribution is -0.139. The number of amides is 4. The van der Waals surface area contributed by atoms with Crippen LogP contribution in [0.3, 0.4) is 0 Å². The number of rotatable bonds is 6. The van der Waals surface area contributed by atoms with Crippen LogP contribution in [0.1, 0.15) is 36.8 Å². The second kappa shape index (κ2) is 7.31. The Bertz CT molecular complexity index is 965. The molecule has 4 amide bonds. The Kier molecular flexibility index (Phi) is 4.82. The molecular formula is C22H22FN3O3. The van der Waals surface area contributed by atoms with Crippen molar-refractivity contribution in [2.75, 3.05) is 0 Å². The summed E-state index contributed by atoms with van der Waals surface area (Å²) >= 11 is 0. The van der Waals surface area contributed by atoms with E-state index in [0.717, 1.165) is 10.6 Å². The lowest BCUT2D eigenvalue weighted by Gasteiger charge is -2.21. The number of benzene rings is 2. The number of carbonyl (C=O) groups excluding carboxylic acids is 3. The van der Waals surface area contributed by atoms with Gasteiger partial charge >= 0.3 is 6.03 Å². The molecule has 0 bridgehead atoms. The molecule has 3 unspecified atom stereocenters. The number of aryl methyl sites for hydroxylation is 1. The van der Waals surface area contributed by atoms with Crippen LogP contribution in [-0.4, -0.2) is 28.4 Å². The highest BCUT2D eigenvalue weighted by atomic mass is 19.1. The summed E-state index contributed by atoms with van der Waals surface area (Å²) in [6.45, 7) is 1.65. The van der Waals surface area contributed by atoms with Gasteiger partial charge in [0.2, 0.25) is 5.91 Å². The Hall–Kier alpha value is -3.22. The van der Waals surface area contributed by atoms with Crippen LogP contribution < -0.4 is 10.7 Å². The molecule has 2 fully saturated rings. The minimum atomic E-state index is -1.09. The van der Waals surface area contributed by atoms with Crippen LogP contribution in [0.15, 0.2) is 54.6 Å². The molecule has 4 rings (SSSR count). The van der Waals surface area contributed by atoms with Crippen molar-refractivity contribution in [2.45, 2.75) is 37.6 Å². The number of carbonyl (C=O) groups is 3. The molecule has 0 radical (unpaired) electrons. The number of halogens is 1.